The van der Waals surface area contributed by atoms with Crippen LogP contribution in [0.1, 0.15) is 30.9 Å². The lowest BCUT2D eigenvalue weighted by Crippen LogP contribution is -2.43. The third-order valence-corrected chi connectivity index (χ3v) is 5.13. The highest BCUT2D eigenvalue weighted by Crippen LogP contribution is 2.20. The minimum Gasteiger partial charge on any atom is -0.484 e. The van der Waals surface area contributed by atoms with Crippen molar-refractivity contribution in [2.24, 2.45) is 0 Å². The van der Waals surface area contributed by atoms with E-state index in [1.165, 1.54) is 11.1 Å². The monoisotopic (exact) mass is 381 g/mol. The van der Waals surface area contributed by atoms with Crippen LogP contribution in [0.4, 0.5) is 5.69 Å². The van der Waals surface area contributed by atoms with E-state index in [-0.39, 0.29) is 12.5 Å². The highest BCUT2D eigenvalue weighted by atomic mass is 16.5. The van der Waals surface area contributed by atoms with Crippen molar-refractivity contribution in [3.63, 3.8) is 0 Å². The molecule has 1 saturated heterocycles. The normalized spacial score (nSPS) is 15.6. The van der Waals surface area contributed by atoms with E-state index in [1.54, 1.807) is 0 Å². The van der Waals surface area contributed by atoms with Crippen molar-refractivity contribution in [3.05, 3.63) is 59.7 Å². The quantitative estimate of drug-likeness (QED) is 0.796. The smallest absolute Gasteiger partial charge is 0.262 e. The number of benzene rings is 2. The molecule has 0 radical (unpaired) electrons. The van der Waals surface area contributed by atoms with Crippen molar-refractivity contribution in [1.82, 2.24) is 9.80 Å². The molecule has 0 bridgehead atoms. The number of carbonyl (C=O) groups excluding carboxylic acids is 1. The average Bonchev–Trinajstić information content (AvgIpc) is 2.70. The van der Waals surface area contributed by atoms with Crippen LogP contribution in [0.2, 0.25) is 0 Å². The topological polar surface area (TPSA) is 44.8 Å². The highest BCUT2D eigenvalue weighted by Gasteiger charge is 2.13. The molecule has 1 aliphatic heterocycles. The van der Waals surface area contributed by atoms with Gasteiger partial charge in [-0.05, 0) is 48.4 Å². The highest BCUT2D eigenvalue weighted by molar-refractivity contribution is 5.91. The van der Waals surface area contributed by atoms with Crippen LogP contribution in [0.25, 0.3) is 0 Å². The second kappa shape index (κ2) is 9.71. The van der Waals surface area contributed by atoms with E-state index >= 15 is 0 Å². The molecule has 0 aromatic heterocycles. The van der Waals surface area contributed by atoms with E-state index in [0.717, 1.165) is 44.2 Å². The van der Waals surface area contributed by atoms with Gasteiger partial charge in [-0.2, -0.15) is 0 Å². The standard InChI is InChI=1S/C23H31N3O2/c1-18(2)20-5-4-6-22(15-20)28-17-23(27)24-21-9-7-19(8-10-21)16-26-13-11-25(3)12-14-26/h4-10,15,18H,11-14,16-17H2,1-3H3,(H,24,27). The Kier molecular flexibility index (Phi) is 7.06. The zero-order valence-electron chi connectivity index (χ0n) is 17.1. The van der Waals surface area contributed by atoms with Crippen LogP contribution in [-0.2, 0) is 11.3 Å². The van der Waals surface area contributed by atoms with Gasteiger partial charge >= 0.3 is 0 Å². The number of carbonyl (C=O) groups is 1. The maximum absolute atomic E-state index is 12.2. The molecule has 1 aliphatic rings. The molecule has 1 fully saturated rings. The van der Waals surface area contributed by atoms with Gasteiger partial charge in [0.2, 0.25) is 0 Å². The SMILES string of the molecule is CC(C)c1cccc(OCC(=O)Nc2ccc(CN3CCN(C)CC3)cc2)c1. The van der Waals surface area contributed by atoms with Gasteiger partial charge in [-0.1, -0.05) is 38.1 Å². The second-order valence-electron chi connectivity index (χ2n) is 7.84. The molecule has 2 aromatic rings. The van der Waals surface area contributed by atoms with Crippen LogP contribution in [-0.4, -0.2) is 55.5 Å². The van der Waals surface area contributed by atoms with Gasteiger partial charge < -0.3 is 15.0 Å². The lowest BCUT2D eigenvalue weighted by molar-refractivity contribution is -0.118. The number of nitrogens with one attached hydrogen (secondary N) is 1. The lowest BCUT2D eigenvalue weighted by Gasteiger charge is -2.32. The van der Waals surface area contributed by atoms with E-state index in [0.29, 0.717) is 5.92 Å². The Labute approximate surface area is 168 Å². The molecule has 0 aliphatic carbocycles. The molecule has 1 heterocycles. The van der Waals surface area contributed by atoms with Crippen LogP contribution >= 0.6 is 0 Å². The summed E-state index contributed by atoms with van der Waals surface area (Å²) in [6.45, 7) is 9.68. The number of hydrogen-bond acceptors (Lipinski definition) is 4. The third-order valence-electron chi connectivity index (χ3n) is 5.13. The van der Waals surface area contributed by atoms with Crippen LogP contribution in [0.3, 0.4) is 0 Å². The Bertz CT molecular complexity index is 766. The van der Waals surface area contributed by atoms with Gasteiger partial charge in [0.25, 0.3) is 5.91 Å². The van der Waals surface area contributed by atoms with Crippen molar-refractivity contribution in [2.45, 2.75) is 26.3 Å². The molecule has 2 aromatic carbocycles. The summed E-state index contributed by atoms with van der Waals surface area (Å²) in [5.74, 6) is 1.01. The molecule has 28 heavy (non-hydrogen) atoms. The molecule has 0 unspecified atom stereocenters. The summed E-state index contributed by atoms with van der Waals surface area (Å²) in [6, 6.07) is 16.0. The Balaban J connectivity index is 1.46. The molecule has 5 nitrogen and oxygen atoms in total. The number of likely N-dealkylation sites (N-methyl/N-ethyl adjacent to an activating group) is 1. The fourth-order valence-corrected chi connectivity index (χ4v) is 3.27. The first-order valence-electron chi connectivity index (χ1n) is 10.0. The first kappa shape index (κ1) is 20.4. The predicted octanol–water partition coefficient (Wildman–Crippen LogP) is 3.57. The predicted molar refractivity (Wildman–Crippen MR) is 114 cm³/mol. The zero-order chi connectivity index (χ0) is 19.9. The molecule has 5 heteroatoms. The van der Waals surface area contributed by atoms with E-state index < -0.39 is 0 Å². The Hall–Kier alpha value is -2.37. The molecule has 3 rings (SSSR count). The Morgan fingerprint density at radius 1 is 1.07 bits per heavy atom. The zero-order valence-corrected chi connectivity index (χ0v) is 17.1. The van der Waals surface area contributed by atoms with Gasteiger partial charge in [0.1, 0.15) is 5.75 Å². The van der Waals surface area contributed by atoms with Crippen LogP contribution < -0.4 is 10.1 Å². The van der Waals surface area contributed by atoms with Crippen molar-refractivity contribution < 1.29 is 9.53 Å². The van der Waals surface area contributed by atoms with Crippen molar-refractivity contribution >= 4 is 11.6 Å². The average molecular weight is 382 g/mol. The van der Waals surface area contributed by atoms with Crippen molar-refractivity contribution in [1.29, 1.82) is 0 Å². The van der Waals surface area contributed by atoms with Gasteiger partial charge in [-0.25, -0.2) is 0 Å². The Morgan fingerprint density at radius 2 is 1.79 bits per heavy atom. The molecular formula is C23H31N3O2. The minimum atomic E-state index is -0.151. The largest absolute Gasteiger partial charge is 0.484 e. The summed E-state index contributed by atoms with van der Waals surface area (Å²) in [4.78, 5) is 17.0. The van der Waals surface area contributed by atoms with E-state index in [9.17, 15) is 4.79 Å². The first-order chi connectivity index (χ1) is 13.5. The number of ether oxygens (including phenoxy) is 1. The molecule has 0 saturated carbocycles. The van der Waals surface area contributed by atoms with Gasteiger partial charge in [-0.3, -0.25) is 9.69 Å². The van der Waals surface area contributed by atoms with E-state index in [4.69, 9.17) is 4.74 Å². The minimum absolute atomic E-state index is 0.00456. The number of rotatable bonds is 7. The van der Waals surface area contributed by atoms with Crippen LogP contribution in [0, 0.1) is 0 Å². The Morgan fingerprint density at radius 3 is 2.46 bits per heavy atom. The fourth-order valence-electron chi connectivity index (χ4n) is 3.27. The van der Waals surface area contributed by atoms with Crippen molar-refractivity contribution in [3.8, 4) is 5.75 Å². The van der Waals surface area contributed by atoms with Crippen LogP contribution in [0.5, 0.6) is 5.75 Å². The number of amides is 1. The van der Waals surface area contributed by atoms with Crippen molar-refractivity contribution in [2.75, 3.05) is 45.2 Å². The summed E-state index contributed by atoms with van der Waals surface area (Å²) < 4.78 is 5.64. The summed E-state index contributed by atoms with van der Waals surface area (Å²) in [5.41, 5.74) is 3.27. The third kappa shape index (κ3) is 6.08. The molecule has 150 valence electrons. The molecule has 0 spiro atoms. The van der Waals surface area contributed by atoms with Gasteiger partial charge in [-0.15, -0.1) is 0 Å². The number of anilines is 1. The second-order valence-corrected chi connectivity index (χ2v) is 7.84. The summed E-state index contributed by atoms with van der Waals surface area (Å²) in [5, 5.41) is 2.90. The summed E-state index contributed by atoms with van der Waals surface area (Å²) in [7, 11) is 2.17. The lowest BCUT2D eigenvalue weighted by atomic mass is 10.0. The molecular weight excluding hydrogens is 350 g/mol. The summed E-state index contributed by atoms with van der Waals surface area (Å²) >= 11 is 0. The molecule has 0 atom stereocenters. The first-order valence-corrected chi connectivity index (χ1v) is 10.0. The van der Waals surface area contributed by atoms with E-state index in [1.807, 2.05) is 30.3 Å². The van der Waals surface area contributed by atoms with Gasteiger partial charge in [0, 0.05) is 38.4 Å². The fraction of sp³-hybridized carbons (Fsp3) is 0.435. The number of piperazine rings is 1. The van der Waals surface area contributed by atoms with Gasteiger partial charge in [0.15, 0.2) is 6.61 Å². The van der Waals surface area contributed by atoms with Crippen LogP contribution in [0.15, 0.2) is 48.5 Å². The van der Waals surface area contributed by atoms with E-state index in [2.05, 4.69) is 54.2 Å². The molecule has 1 N–H and O–H groups in total. The summed E-state index contributed by atoms with van der Waals surface area (Å²) in [6.07, 6.45) is 0. The van der Waals surface area contributed by atoms with Gasteiger partial charge in [0.05, 0.1) is 0 Å². The number of hydrogen-bond donors (Lipinski definition) is 1. The number of nitrogens with zero attached hydrogens (tertiary/aromatic N) is 2. The maximum atomic E-state index is 12.2. The molecule has 1 amide bonds. The maximum Gasteiger partial charge on any atom is 0.262 e.